The summed E-state index contributed by atoms with van der Waals surface area (Å²) in [5.41, 5.74) is 2.21. The topological polar surface area (TPSA) is 81.0 Å². The van der Waals surface area contributed by atoms with E-state index in [0.717, 1.165) is 16.5 Å². The minimum atomic E-state index is -0.702. The molecule has 1 fully saturated rings. The van der Waals surface area contributed by atoms with E-state index in [1.807, 2.05) is 62.8 Å². The summed E-state index contributed by atoms with van der Waals surface area (Å²) in [6.45, 7) is 6.93. The second-order valence-corrected chi connectivity index (χ2v) is 8.23. The maximum Gasteiger partial charge on any atom is 0.295 e. The van der Waals surface area contributed by atoms with Gasteiger partial charge in [-0.3, -0.25) is 9.59 Å². The molecule has 1 saturated heterocycles. The number of hydrogen-bond acceptors (Lipinski definition) is 5. The van der Waals surface area contributed by atoms with Gasteiger partial charge in [-0.2, -0.15) is 0 Å². The highest BCUT2D eigenvalue weighted by Gasteiger charge is 2.46. The molecule has 1 aliphatic heterocycles. The van der Waals surface area contributed by atoms with Crippen molar-refractivity contribution in [1.82, 2.24) is 9.47 Å². The molecule has 2 heterocycles. The Bertz CT molecular complexity index is 1270. The van der Waals surface area contributed by atoms with Crippen LogP contribution in [0.3, 0.4) is 0 Å². The van der Waals surface area contributed by atoms with Crippen molar-refractivity contribution >= 4 is 28.4 Å². The van der Waals surface area contributed by atoms with Crippen LogP contribution in [0.2, 0.25) is 0 Å². The van der Waals surface area contributed by atoms with Gasteiger partial charge >= 0.3 is 0 Å². The minimum absolute atomic E-state index is 0.0694. The molecular formula is C27H30N2O5. The lowest BCUT2D eigenvalue weighted by molar-refractivity contribution is -0.139. The fourth-order valence-corrected chi connectivity index (χ4v) is 4.64. The van der Waals surface area contributed by atoms with Crippen molar-refractivity contribution in [1.29, 1.82) is 0 Å². The number of aromatic nitrogens is 1. The first-order valence-corrected chi connectivity index (χ1v) is 11.6. The van der Waals surface area contributed by atoms with Crippen molar-refractivity contribution in [3.05, 3.63) is 65.4 Å². The van der Waals surface area contributed by atoms with E-state index in [1.165, 1.54) is 0 Å². The molecule has 1 atom stereocenters. The smallest absolute Gasteiger partial charge is 0.295 e. The lowest BCUT2D eigenvalue weighted by atomic mass is 9.94. The van der Waals surface area contributed by atoms with Gasteiger partial charge < -0.3 is 24.0 Å². The van der Waals surface area contributed by atoms with Crippen LogP contribution in [0.25, 0.3) is 16.7 Å². The Balaban J connectivity index is 1.95. The average Bonchev–Trinajstić information content (AvgIpc) is 3.28. The summed E-state index contributed by atoms with van der Waals surface area (Å²) in [4.78, 5) is 27.9. The molecule has 3 aromatic rings. The van der Waals surface area contributed by atoms with Crippen LogP contribution in [-0.2, 0) is 16.6 Å². The zero-order chi connectivity index (χ0) is 24.4. The Morgan fingerprint density at radius 2 is 1.76 bits per heavy atom. The SMILES string of the molecule is CCCN1C(=O)C(=O)/C(=C(/O)c2ccc(OCC)cc2OCC)C1c1cn(C)c2ccccc12. The lowest BCUT2D eigenvalue weighted by Crippen LogP contribution is -2.30. The molecule has 1 unspecified atom stereocenters. The number of amides is 1. The van der Waals surface area contributed by atoms with Crippen LogP contribution >= 0.6 is 0 Å². The normalized spacial score (nSPS) is 17.5. The van der Waals surface area contributed by atoms with Crippen LogP contribution < -0.4 is 9.47 Å². The first-order chi connectivity index (χ1) is 16.4. The number of aliphatic hydroxyl groups is 1. The number of aryl methyl sites for hydroxylation is 1. The van der Waals surface area contributed by atoms with Crippen LogP contribution in [0.5, 0.6) is 11.5 Å². The van der Waals surface area contributed by atoms with Gasteiger partial charge in [0.25, 0.3) is 11.7 Å². The van der Waals surface area contributed by atoms with Gasteiger partial charge in [0, 0.05) is 42.3 Å². The summed E-state index contributed by atoms with van der Waals surface area (Å²) in [7, 11) is 1.93. The first-order valence-electron chi connectivity index (χ1n) is 11.6. The summed E-state index contributed by atoms with van der Waals surface area (Å²) in [5.74, 6) is -0.560. The Morgan fingerprint density at radius 3 is 2.47 bits per heavy atom. The van der Waals surface area contributed by atoms with Gasteiger partial charge in [0.15, 0.2) is 0 Å². The van der Waals surface area contributed by atoms with E-state index in [2.05, 4.69) is 0 Å². The van der Waals surface area contributed by atoms with E-state index >= 15 is 0 Å². The molecule has 34 heavy (non-hydrogen) atoms. The van der Waals surface area contributed by atoms with Crippen LogP contribution in [-0.4, -0.2) is 46.0 Å². The zero-order valence-corrected chi connectivity index (χ0v) is 20.0. The number of rotatable bonds is 8. The number of Topliss-reactive ketones (excluding diaryl/α,β-unsaturated/α-hetero) is 1. The molecule has 4 rings (SSSR count). The fourth-order valence-electron chi connectivity index (χ4n) is 4.64. The predicted molar refractivity (Wildman–Crippen MR) is 131 cm³/mol. The van der Waals surface area contributed by atoms with E-state index in [0.29, 0.717) is 43.2 Å². The Kier molecular flexibility index (Phi) is 6.63. The minimum Gasteiger partial charge on any atom is -0.507 e. The van der Waals surface area contributed by atoms with Crippen molar-refractivity contribution in [3.63, 3.8) is 0 Å². The maximum atomic E-state index is 13.3. The van der Waals surface area contributed by atoms with Crippen molar-refractivity contribution in [2.45, 2.75) is 33.2 Å². The van der Waals surface area contributed by atoms with Crippen LogP contribution in [0, 0.1) is 0 Å². The number of likely N-dealkylation sites (tertiary alicyclic amines) is 1. The van der Waals surface area contributed by atoms with Crippen molar-refractivity contribution in [2.75, 3.05) is 19.8 Å². The van der Waals surface area contributed by atoms with Crippen LogP contribution in [0.15, 0.2) is 54.2 Å². The number of benzene rings is 2. The summed E-state index contributed by atoms with van der Waals surface area (Å²) < 4.78 is 13.3. The molecule has 1 N–H and O–H groups in total. The lowest BCUT2D eigenvalue weighted by Gasteiger charge is -2.24. The highest BCUT2D eigenvalue weighted by molar-refractivity contribution is 6.46. The third-order valence-corrected chi connectivity index (χ3v) is 6.05. The van der Waals surface area contributed by atoms with E-state index in [-0.39, 0.29) is 11.3 Å². The summed E-state index contributed by atoms with van der Waals surface area (Å²) in [5, 5.41) is 12.4. The van der Waals surface area contributed by atoms with Crippen LogP contribution in [0.1, 0.15) is 44.4 Å². The van der Waals surface area contributed by atoms with E-state index in [4.69, 9.17) is 9.47 Å². The third-order valence-electron chi connectivity index (χ3n) is 6.05. The van der Waals surface area contributed by atoms with Gasteiger partial charge in [0.05, 0.1) is 30.4 Å². The molecule has 0 spiro atoms. The van der Waals surface area contributed by atoms with Crippen LogP contribution in [0.4, 0.5) is 0 Å². The highest BCUT2D eigenvalue weighted by Crippen LogP contribution is 2.44. The molecule has 0 bridgehead atoms. The quantitative estimate of drug-likeness (QED) is 0.295. The number of ether oxygens (including phenoxy) is 2. The first kappa shape index (κ1) is 23.4. The molecule has 178 valence electrons. The standard InChI is InChI=1S/C27H30N2O5/c1-5-14-29-24(20-16-28(4)21-11-9-8-10-18(20)21)23(26(31)27(29)32)25(30)19-13-12-17(33-6-2)15-22(19)34-7-3/h8-13,15-16,24,30H,5-7,14H2,1-4H3/b25-23+. The Hall–Kier alpha value is -3.74. The number of carbonyl (C=O) groups excluding carboxylic acids is 2. The molecule has 2 aromatic carbocycles. The molecule has 0 saturated carbocycles. The van der Waals surface area contributed by atoms with E-state index in [9.17, 15) is 14.7 Å². The summed E-state index contributed by atoms with van der Waals surface area (Å²) in [6.07, 6.45) is 2.61. The number of para-hydroxylation sites is 1. The third kappa shape index (κ3) is 3.91. The van der Waals surface area contributed by atoms with Crippen molar-refractivity contribution < 1.29 is 24.2 Å². The van der Waals surface area contributed by atoms with Gasteiger partial charge in [-0.15, -0.1) is 0 Å². The van der Waals surface area contributed by atoms with Gasteiger partial charge in [-0.1, -0.05) is 25.1 Å². The monoisotopic (exact) mass is 462 g/mol. The van der Waals surface area contributed by atoms with Gasteiger partial charge in [0.2, 0.25) is 0 Å². The second kappa shape index (κ2) is 9.63. The number of fused-ring (bicyclic) bond motifs is 1. The number of hydrogen-bond donors (Lipinski definition) is 1. The highest BCUT2D eigenvalue weighted by atomic mass is 16.5. The molecule has 1 amide bonds. The van der Waals surface area contributed by atoms with Gasteiger partial charge in [-0.25, -0.2) is 0 Å². The Morgan fingerprint density at radius 1 is 1.03 bits per heavy atom. The molecule has 0 aliphatic carbocycles. The largest absolute Gasteiger partial charge is 0.507 e. The summed E-state index contributed by atoms with van der Waals surface area (Å²) in [6, 6.07) is 12.2. The number of carbonyl (C=O) groups is 2. The molecule has 1 aliphatic rings. The molecule has 7 nitrogen and oxygen atoms in total. The predicted octanol–water partition coefficient (Wildman–Crippen LogP) is 4.81. The molecule has 7 heteroatoms. The number of ketones is 1. The van der Waals surface area contributed by atoms with Gasteiger partial charge in [-0.05, 0) is 38.5 Å². The molecule has 0 radical (unpaired) electrons. The number of aliphatic hydroxyl groups excluding tert-OH is 1. The average molecular weight is 463 g/mol. The Labute approximate surface area is 199 Å². The van der Waals surface area contributed by atoms with Crippen molar-refractivity contribution in [2.24, 2.45) is 7.05 Å². The molecule has 1 aromatic heterocycles. The number of nitrogens with zero attached hydrogens (tertiary/aromatic N) is 2. The zero-order valence-electron chi connectivity index (χ0n) is 20.0. The van der Waals surface area contributed by atoms with E-state index < -0.39 is 17.7 Å². The van der Waals surface area contributed by atoms with E-state index in [1.54, 1.807) is 23.1 Å². The van der Waals surface area contributed by atoms with Crippen molar-refractivity contribution in [3.8, 4) is 11.5 Å². The molecular weight excluding hydrogens is 432 g/mol. The van der Waals surface area contributed by atoms with Gasteiger partial charge in [0.1, 0.15) is 17.3 Å². The summed E-state index contributed by atoms with van der Waals surface area (Å²) >= 11 is 0. The fraction of sp³-hybridized carbons (Fsp3) is 0.333. The maximum absolute atomic E-state index is 13.3. The second-order valence-electron chi connectivity index (χ2n) is 8.23.